The van der Waals surface area contributed by atoms with Gasteiger partial charge in [-0.15, -0.1) is 0 Å². The molecule has 0 spiro atoms. The van der Waals surface area contributed by atoms with Crippen LogP contribution in [0.5, 0.6) is 0 Å². The standard InChI is InChI=1S/C46H78N10O21/c1-16(2)29(55-42(70)28(47)23(9)74-45-30(54-24(10)59)35(32(61)27(15-58)75-45)77-46-34(63)33(62)31(60)26(14-57)76-46)43(71)56-13-11-12-25(56)41(69)52-21(7)39(67)50-19(5)37(65)48-17(3)36(64)49-18(4)38(66)51-20(6)40(68)53-22(8)44(72)73/h16-23,25-35,45-46,57-58,60-63H,11-15,47H2,1-10H3,(H,48,65)(H,49,64)(H,50,67)(H,51,66)(H,52,69)(H,53,68)(H,54,59)(H,55,70)(H,72,73)/t17-,18-,19-,20-,21-,22-,23+,25-,26+,27+,28-,29-,30+,31-,32-,33-,34+,35+,45-,46-/m0/s1. The van der Waals surface area contributed by atoms with Gasteiger partial charge in [0.1, 0.15) is 103 Å². The number of nitrogens with zero attached hydrogens (tertiary/aromatic N) is 1. The van der Waals surface area contributed by atoms with Crippen molar-refractivity contribution in [3.63, 3.8) is 0 Å². The van der Waals surface area contributed by atoms with E-state index in [1.165, 1.54) is 53.4 Å². The van der Waals surface area contributed by atoms with Gasteiger partial charge in [0.15, 0.2) is 12.6 Å². The molecule has 3 heterocycles. The van der Waals surface area contributed by atoms with E-state index in [0.717, 1.165) is 6.92 Å². The van der Waals surface area contributed by atoms with Crippen LogP contribution in [-0.4, -0.2) is 241 Å². The number of rotatable bonds is 25. The SMILES string of the molecule is CC(=O)N[C@H]1[C@@H](O[C@H](C)[C@H](N)C(=O)N[C@H](C(=O)N2CCC[C@H]2C(=O)N[C@@H](C)C(=O)N[C@@H](C)C(=O)N[C@@H](C)C(=O)N[C@@H](C)C(=O)N[C@@H](C)C(=O)N[C@@H](C)C(=O)O)C(C)C)O[C@H](CO)[C@H](O)[C@@H]1O[C@@H]1O[C@H](CO)[C@H](O)[C@H](O)[C@H]1O. The number of nitrogens with one attached hydrogen (secondary N) is 8. The predicted octanol–water partition coefficient (Wildman–Crippen LogP) is -8.27. The second-order valence-electron chi connectivity index (χ2n) is 19.7. The van der Waals surface area contributed by atoms with Gasteiger partial charge < -0.3 is 108 Å². The van der Waals surface area contributed by atoms with Gasteiger partial charge in [-0.05, 0) is 67.2 Å². The van der Waals surface area contributed by atoms with Crippen LogP contribution in [0.3, 0.4) is 0 Å². The molecule has 17 N–H and O–H groups in total. The van der Waals surface area contributed by atoms with E-state index < -0.39 is 200 Å². The summed E-state index contributed by atoms with van der Waals surface area (Å²) in [6.07, 6.45) is -16.1. The molecular weight excluding hydrogens is 1030 g/mol. The third kappa shape index (κ3) is 17.6. The number of carbonyl (C=O) groups is 10. The van der Waals surface area contributed by atoms with Gasteiger partial charge in [0.05, 0.1) is 19.3 Å². The lowest BCUT2D eigenvalue weighted by molar-refractivity contribution is -0.347. The molecule has 3 fully saturated rings. The first-order valence-electron chi connectivity index (χ1n) is 25.1. The molecule has 3 aliphatic rings. The zero-order chi connectivity index (χ0) is 58.5. The largest absolute Gasteiger partial charge is 0.480 e. The minimum atomic E-state index is -1.93. The molecule has 0 radical (unpaired) electrons. The van der Waals surface area contributed by atoms with Gasteiger partial charge in [0.25, 0.3) is 0 Å². The normalized spacial score (nSPS) is 28.9. The quantitative estimate of drug-likeness (QED) is 0.0404. The molecule has 0 aromatic carbocycles. The zero-order valence-electron chi connectivity index (χ0n) is 44.5. The molecule has 9 amide bonds. The monoisotopic (exact) mass is 1110 g/mol. The van der Waals surface area contributed by atoms with Crippen molar-refractivity contribution in [1.29, 1.82) is 0 Å². The number of aliphatic carboxylic acids is 1. The number of aliphatic hydroxyl groups is 6. The summed E-state index contributed by atoms with van der Waals surface area (Å²) in [4.78, 5) is 130. The molecule has 0 aliphatic carbocycles. The maximum atomic E-state index is 14.1. The number of nitrogens with two attached hydrogens (primary N) is 1. The first-order valence-corrected chi connectivity index (χ1v) is 25.1. The Morgan fingerprint density at radius 1 is 0.597 bits per heavy atom. The highest BCUT2D eigenvalue weighted by molar-refractivity contribution is 5.98. The van der Waals surface area contributed by atoms with Crippen LogP contribution in [0.2, 0.25) is 0 Å². The Bertz CT molecular complexity index is 2110. The number of amides is 9. The van der Waals surface area contributed by atoms with Crippen LogP contribution in [0.25, 0.3) is 0 Å². The molecular formula is C46H78N10O21. The summed E-state index contributed by atoms with van der Waals surface area (Å²) < 4.78 is 23.0. The highest BCUT2D eigenvalue weighted by Gasteiger charge is 2.52. The zero-order valence-corrected chi connectivity index (χ0v) is 44.5. The second-order valence-corrected chi connectivity index (χ2v) is 19.7. The Morgan fingerprint density at radius 3 is 1.48 bits per heavy atom. The van der Waals surface area contributed by atoms with Gasteiger partial charge in [0.2, 0.25) is 53.2 Å². The number of carboxylic acids is 1. The van der Waals surface area contributed by atoms with Crippen molar-refractivity contribution < 1.29 is 103 Å². The van der Waals surface area contributed by atoms with Crippen LogP contribution in [0.4, 0.5) is 0 Å². The van der Waals surface area contributed by atoms with Crippen LogP contribution < -0.4 is 48.3 Å². The second kappa shape index (κ2) is 29.3. The van der Waals surface area contributed by atoms with Gasteiger partial charge in [-0.25, -0.2) is 0 Å². The number of carboxylic acid groups (broad SMARTS) is 1. The summed E-state index contributed by atoms with van der Waals surface area (Å²) in [7, 11) is 0. The highest BCUT2D eigenvalue weighted by atomic mass is 16.7. The van der Waals surface area contributed by atoms with Gasteiger partial charge in [-0.3, -0.25) is 47.9 Å². The Labute approximate surface area is 443 Å². The van der Waals surface area contributed by atoms with Gasteiger partial charge in [-0.2, -0.15) is 0 Å². The Kier molecular flexibility index (Phi) is 24.9. The molecule has 3 saturated heterocycles. The average Bonchev–Trinajstić information content (AvgIpc) is 3.87. The summed E-state index contributed by atoms with van der Waals surface area (Å²) >= 11 is 0. The molecule has 31 nitrogen and oxygen atoms in total. The summed E-state index contributed by atoms with van der Waals surface area (Å²) in [5, 5.41) is 90.5. The fourth-order valence-corrected chi connectivity index (χ4v) is 8.21. The minimum Gasteiger partial charge on any atom is -0.480 e. The average molecular weight is 1110 g/mol. The topological polar surface area (TPSA) is 475 Å². The summed E-state index contributed by atoms with van der Waals surface area (Å²) in [5.41, 5.74) is 6.35. The van der Waals surface area contributed by atoms with Crippen molar-refractivity contribution in [1.82, 2.24) is 47.4 Å². The maximum Gasteiger partial charge on any atom is 0.325 e. The number of hydrogen-bond donors (Lipinski definition) is 16. The number of carbonyl (C=O) groups excluding carboxylic acids is 9. The first-order chi connectivity index (χ1) is 35.9. The fraction of sp³-hybridized carbons (Fsp3) is 0.783. The van der Waals surface area contributed by atoms with E-state index in [-0.39, 0.29) is 13.0 Å². The van der Waals surface area contributed by atoms with E-state index in [4.69, 9.17) is 29.8 Å². The van der Waals surface area contributed by atoms with E-state index in [9.17, 15) is 78.6 Å². The fourth-order valence-electron chi connectivity index (χ4n) is 8.21. The first kappa shape index (κ1) is 65.5. The number of likely N-dealkylation sites (tertiary alicyclic amines) is 1. The molecule has 0 bridgehead atoms. The third-order valence-electron chi connectivity index (χ3n) is 13.1. The lowest BCUT2D eigenvalue weighted by Crippen LogP contribution is -2.68. The van der Waals surface area contributed by atoms with E-state index in [1.54, 1.807) is 13.8 Å². The van der Waals surface area contributed by atoms with E-state index >= 15 is 0 Å². The van der Waals surface area contributed by atoms with Gasteiger partial charge in [-0.1, -0.05) is 13.8 Å². The van der Waals surface area contributed by atoms with Crippen molar-refractivity contribution in [3.8, 4) is 0 Å². The molecule has 77 heavy (non-hydrogen) atoms. The molecule has 0 aromatic rings. The Balaban J connectivity index is 1.60. The van der Waals surface area contributed by atoms with Crippen molar-refractivity contribution >= 4 is 59.1 Å². The summed E-state index contributed by atoms with van der Waals surface area (Å²) in [6.45, 7) is 11.9. The van der Waals surface area contributed by atoms with Crippen molar-refractivity contribution in [3.05, 3.63) is 0 Å². The lowest BCUT2D eigenvalue weighted by Gasteiger charge is -2.48. The Morgan fingerprint density at radius 2 is 1.04 bits per heavy atom. The highest BCUT2D eigenvalue weighted by Crippen LogP contribution is 2.31. The molecule has 0 aromatic heterocycles. The number of ether oxygens (including phenoxy) is 4. The predicted molar refractivity (Wildman–Crippen MR) is 261 cm³/mol. The van der Waals surface area contributed by atoms with Crippen LogP contribution in [0, 0.1) is 5.92 Å². The molecule has 3 rings (SSSR count). The van der Waals surface area contributed by atoms with Crippen LogP contribution >= 0.6 is 0 Å². The van der Waals surface area contributed by atoms with Crippen molar-refractivity contribution in [2.45, 2.75) is 204 Å². The van der Waals surface area contributed by atoms with Crippen LogP contribution in [0.1, 0.15) is 82.1 Å². The number of hydrogen-bond acceptors (Lipinski definition) is 21. The van der Waals surface area contributed by atoms with Gasteiger partial charge >= 0.3 is 5.97 Å². The van der Waals surface area contributed by atoms with Gasteiger partial charge in [0, 0.05) is 13.5 Å². The van der Waals surface area contributed by atoms with E-state index in [1.807, 2.05) is 0 Å². The van der Waals surface area contributed by atoms with Crippen LogP contribution in [0.15, 0.2) is 0 Å². The molecule has 20 atom stereocenters. The van der Waals surface area contributed by atoms with Crippen molar-refractivity contribution in [2.75, 3.05) is 19.8 Å². The Hall–Kier alpha value is -5.74. The van der Waals surface area contributed by atoms with Crippen LogP contribution in [-0.2, 0) is 66.9 Å². The smallest absolute Gasteiger partial charge is 0.325 e. The molecule has 438 valence electrons. The third-order valence-corrected chi connectivity index (χ3v) is 13.1. The summed E-state index contributed by atoms with van der Waals surface area (Å²) in [6, 6.07) is -12.7. The minimum absolute atomic E-state index is 0.0899. The molecule has 31 heteroatoms. The molecule has 0 saturated carbocycles. The molecule has 3 aliphatic heterocycles. The van der Waals surface area contributed by atoms with Crippen molar-refractivity contribution in [2.24, 2.45) is 11.7 Å². The molecule has 0 unspecified atom stereocenters. The number of aliphatic hydroxyl groups excluding tert-OH is 6. The van der Waals surface area contributed by atoms with E-state index in [0.29, 0.717) is 6.42 Å². The van der Waals surface area contributed by atoms with E-state index in [2.05, 4.69) is 42.5 Å². The maximum absolute atomic E-state index is 14.1. The lowest BCUT2D eigenvalue weighted by atomic mass is 9.95. The summed E-state index contributed by atoms with van der Waals surface area (Å²) in [5.74, 6) is -8.88.